The molecule has 0 heterocycles. The third kappa shape index (κ3) is 8.08. The summed E-state index contributed by atoms with van der Waals surface area (Å²) in [7, 11) is 0. The lowest BCUT2D eigenvalue weighted by Gasteiger charge is -2.28. The van der Waals surface area contributed by atoms with Crippen LogP contribution in [0.5, 0.6) is 0 Å². The number of carbonyl (C=O) groups is 2. The number of amides is 1. The molecular weight excluding hydrogens is 266 g/mol. The molecule has 0 saturated heterocycles. The van der Waals surface area contributed by atoms with Crippen molar-refractivity contribution in [2.24, 2.45) is 17.3 Å². The Kier molecular flexibility index (Phi) is 9.31. The second-order valence-corrected chi connectivity index (χ2v) is 7.00. The van der Waals surface area contributed by atoms with E-state index >= 15 is 0 Å². The molecule has 0 saturated carbocycles. The van der Waals surface area contributed by atoms with Crippen molar-refractivity contribution < 1.29 is 14.7 Å². The van der Waals surface area contributed by atoms with E-state index < -0.39 is 11.4 Å². The van der Waals surface area contributed by atoms with Gasteiger partial charge >= 0.3 is 5.97 Å². The lowest BCUT2D eigenvalue weighted by molar-refractivity contribution is -0.153. The Morgan fingerprint density at radius 1 is 1.05 bits per heavy atom. The van der Waals surface area contributed by atoms with Crippen LogP contribution in [0.2, 0.25) is 0 Å². The molecule has 0 bridgehead atoms. The number of carbonyl (C=O) groups excluding carboxylic acids is 1. The maximum Gasteiger partial charge on any atom is 0.310 e. The Labute approximate surface area is 129 Å². The average molecular weight is 299 g/mol. The minimum atomic E-state index is -0.985. The van der Waals surface area contributed by atoms with Gasteiger partial charge in [-0.1, -0.05) is 53.4 Å². The Bertz CT molecular complexity index is 326. The summed E-state index contributed by atoms with van der Waals surface area (Å²) in [5.74, 6) is -0.372. The zero-order chi connectivity index (χ0) is 16.5. The van der Waals surface area contributed by atoms with Crippen LogP contribution in [0.1, 0.15) is 73.1 Å². The number of carboxylic acids is 1. The van der Waals surface area contributed by atoms with Crippen molar-refractivity contribution in [2.75, 3.05) is 6.54 Å². The van der Waals surface area contributed by atoms with Crippen LogP contribution in [-0.2, 0) is 9.59 Å². The molecule has 21 heavy (non-hydrogen) atoms. The topological polar surface area (TPSA) is 66.4 Å². The molecule has 1 unspecified atom stereocenters. The van der Waals surface area contributed by atoms with Crippen molar-refractivity contribution in [3.8, 4) is 0 Å². The summed E-state index contributed by atoms with van der Waals surface area (Å²) in [6.07, 6.45) is 5.84. The van der Waals surface area contributed by atoms with E-state index in [-0.39, 0.29) is 18.2 Å². The van der Waals surface area contributed by atoms with Gasteiger partial charge in [-0.15, -0.1) is 0 Å². The van der Waals surface area contributed by atoms with E-state index in [9.17, 15) is 14.7 Å². The monoisotopic (exact) mass is 299 g/mol. The first-order chi connectivity index (χ1) is 9.70. The van der Waals surface area contributed by atoms with Gasteiger partial charge in [0, 0.05) is 13.0 Å². The second kappa shape index (κ2) is 9.80. The van der Waals surface area contributed by atoms with E-state index in [1.165, 1.54) is 19.3 Å². The van der Waals surface area contributed by atoms with E-state index in [2.05, 4.69) is 19.2 Å². The van der Waals surface area contributed by atoms with Crippen LogP contribution in [0.15, 0.2) is 0 Å². The predicted molar refractivity (Wildman–Crippen MR) is 86.1 cm³/mol. The van der Waals surface area contributed by atoms with Crippen molar-refractivity contribution in [1.29, 1.82) is 0 Å². The summed E-state index contributed by atoms with van der Waals surface area (Å²) < 4.78 is 0. The highest BCUT2D eigenvalue weighted by molar-refractivity contribution is 5.84. The molecule has 0 aromatic carbocycles. The van der Waals surface area contributed by atoms with Crippen molar-refractivity contribution in [2.45, 2.75) is 73.1 Å². The number of unbranched alkanes of at least 4 members (excludes halogenated alkanes) is 3. The first-order valence-corrected chi connectivity index (χ1v) is 8.20. The molecule has 1 amide bonds. The molecule has 0 aromatic rings. The van der Waals surface area contributed by atoms with E-state index in [0.29, 0.717) is 6.54 Å². The number of hydrogen-bond acceptors (Lipinski definition) is 2. The molecule has 0 aromatic heterocycles. The normalized spacial score (nSPS) is 14.2. The maximum absolute atomic E-state index is 11.9. The van der Waals surface area contributed by atoms with Crippen molar-refractivity contribution in [1.82, 2.24) is 5.32 Å². The van der Waals surface area contributed by atoms with Crippen LogP contribution in [0.25, 0.3) is 0 Å². The van der Waals surface area contributed by atoms with Gasteiger partial charge in [0.05, 0.1) is 5.41 Å². The van der Waals surface area contributed by atoms with E-state index in [1.807, 2.05) is 13.8 Å². The number of nitrogens with one attached hydrogen (secondary N) is 1. The molecule has 0 fully saturated rings. The summed E-state index contributed by atoms with van der Waals surface area (Å²) in [5, 5.41) is 12.1. The summed E-state index contributed by atoms with van der Waals surface area (Å²) in [6.45, 7) is 10.4. The molecule has 0 aliphatic carbocycles. The molecular formula is C17H33NO3. The first-order valence-electron chi connectivity index (χ1n) is 8.20. The highest BCUT2D eigenvalue weighted by Gasteiger charge is 2.38. The number of carboxylic acid groups (broad SMARTS) is 1. The maximum atomic E-state index is 11.9. The van der Waals surface area contributed by atoms with Crippen LogP contribution in [-0.4, -0.2) is 23.5 Å². The fourth-order valence-electron chi connectivity index (χ4n) is 2.18. The van der Waals surface area contributed by atoms with Gasteiger partial charge in [0.1, 0.15) is 0 Å². The van der Waals surface area contributed by atoms with Gasteiger partial charge in [-0.3, -0.25) is 9.59 Å². The molecule has 0 aliphatic rings. The van der Waals surface area contributed by atoms with Crippen molar-refractivity contribution in [3.05, 3.63) is 0 Å². The molecule has 2 N–H and O–H groups in total. The van der Waals surface area contributed by atoms with Gasteiger partial charge in [-0.25, -0.2) is 0 Å². The Morgan fingerprint density at radius 2 is 1.62 bits per heavy atom. The van der Waals surface area contributed by atoms with Gasteiger partial charge in [-0.2, -0.15) is 0 Å². The zero-order valence-electron chi connectivity index (χ0n) is 14.4. The Morgan fingerprint density at radius 3 is 2.10 bits per heavy atom. The summed E-state index contributed by atoms with van der Waals surface area (Å²) in [4.78, 5) is 23.2. The van der Waals surface area contributed by atoms with Crippen LogP contribution < -0.4 is 5.32 Å². The summed E-state index contributed by atoms with van der Waals surface area (Å²) in [6, 6.07) is 0. The van der Waals surface area contributed by atoms with Gasteiger partial charge < -0.3 is 10.4 Å². The van der Waals surface area contributed by atoms with Gasteiger partial charge in [0.25, 0.3) is 0 Å². The van der Waals surface area contributed by atoms with Crippen LogP contribution >= 0.6 is 0 Å². The third-order valence-corrected chi connectivity index (χ3v) is 4.32. The van der Waals surface area contributed by atoms with Crippen LogP contribution in [0.4, 0.5) is 0 Å². The minimum Gasteiger partial charge on any atom is -0.481 e. The second-order valence-electron chi connectivity index (χ2n) is 7.00. The SMILES string of the molecule is CC(C)CCCCCCNC(=O)CC(C)(C(=O)O)C(C)C. The van der Waals surface area contributed by atoms with E-state index in [4.69, 9.17) is 0 Å². The molecule has 1 atom stereocenters. The Balaban J connectivity index is 3.87. The molecule has 0 spiro atoms. The summed E-state index contributed by atoms with van der Waals surface area (Å²) >= 11 is 0. The van der Waals surface area contributed by atoms with Crippen molar-refractivity contribution in [3.63, 3.8) is 0 Å². The quantitative estimate of drug-likeness (QED) is 0.569. The lowest BCUT2D eigenvalue weighted by Crippen LogP contribution is -2.39. The molecule has 4 nitrogen and oxygen atoms in total. The standard InChI is InChI=1S/C17H33NO3/c1-13(2)10-8-6-7-9-11-18-15(19)12-17(5,14(3)4)16(20)21/h13-14H,6-12H2,1-5H3,(H,18,19)(H,20,21). The molecule has 0 radical (unpaired) electrons. The molecule has 4 heteroatoms. The number of aliphatic carboxylic acids is 1. The van der Waals surface area contributed by atoms with Crippen LogP contribution in [0.3, 0.4) is 0 Å². The number of hydrogen-bond donors (Lipinski definition) is 2. The van der Waals surface area contributed by atoms with Crippen LogP contribution in [0, 0.1) is 17.3 Å². The van der Waals surface area contributed by atoms with Gasteiger partial charge in [0.2, 0.25) is 5.91 Å². The van der Waals surface area contributed by atoms with Crippen molar-refractivity contribution >= 4 is 11.9 Å². The molecule has 0 aliphatic heterocycles. The van der Waals surface area contributed by atoms with E-state index in [0.717, 1.165) is 18.8 Å². The smallest absolute Gasteiger partial charge is 0.310 e. The minimum absolute atomic E-state index is 0.0490. The predicted octanol–water partition coefficient (Wildman–Crippen LogP) is 3.85. The Hall–Kier alpha value is -1.06. The zero-order valence-corrected chi connectivity index (χ0v) is 14.4. The fraction of sp³-hybridized carbons (Fsp3) is 0.882. The molecule has 124 valence electrons. The van der Waals surface area contributed by atoms with E-state index in [1.54, 1.807) is 6.92 Å². The highest BCUT2D eigenvalue weighted by atomic mass is 16.4. The third-order valence-electron chi connectivity index (χ3n) is 4.32. The van der Waals surface area contributed by atoms with Gasteiger partial charge in [-0.05, 0) is 25.2 Å². The first kappa shape index (κ1) is 19.9. The fourth-order valence-corrected chi connectivity index (χ4v) is 2.18. The molecule has 0 rings (SSSR count). The summed E-state index contributed by atoms with van der Waals surface area (Å²) in [5.41, 5.74) is -0.985. The lowest BCUT2D eigenvalue weighted by atomic mass is 9.76. The highest BCUT2D eigenvalue weighted by Crippen LogP contribution is 2.31. The van der Waals surface area contributed by atoms with Gasteiger partial charge in [0.15, 0.2) is 0 Å². The average Bonchev–Trinajstić information content (AvgIpc) is 2.36. The number of rotatable bonds is 11. The largest absolute Gasteiger partial charge is 0.481 e.